The van der Waals surface area contributed by atoms with Crippen LogP contribution in [-0.4, -0.2) is 11.5 Å². The molecule has 0 unspecified atom stereocenters. The van der Waals surface area contributed by atoms with Crippen LogP contribution in [0.2, 0.25) is 0 Å². The molecular formula is C12H13BrN2S. The lowest BCUT2D eigenvalue weighted by Crippen LogP contribution is -2.02. The van der Waals surface area contributed by atoms with Gasteiger partial charge in [0.25, 0.3) is 0 Å². The number of nitrogens with two attached hydrogens (primary N) is 1. The van der Waals surface area contributed by atoms with Crippen LogP contribution in [0.15, 0.2) is 34.1 Å². The van der Waals surface area contributed by atoms with Crippen molar-refractivity contribution in [2.45, 2.75) is 12.8 Å². The van der Waals surface area contributed by atoms with Gasteiger partial charge in [-0.1, -0.05) is 28.1 Å². The summed E-state index contributed by atoms with van der Waals surface area (Å²) in [5.74, 6) is 0. The summed E-state index contributed by atoms with van der Waals surface area (Å²) in [5, 5.41) is 3.25. The van der Waals surface area contributed by atoms with E-state index in [1.54, 1.807) is 11.3 Å². The van der Waals surface area contributed by atoms with Crippen LogP contribution in [-0.2, 0) is 12.8 Å². The van der Waals surface area contributed by atoms with Crippen molar-refractivity contribution in [2.75, 3.05) is 6.54 Å². The molecule has 2 rings (SSSR count). The third kappa shape index (κ3) is 3.14. The van der Waals surface area contributed by atoms with Crippen LogP contribution in [0, 0.1) is 0 Å². The molecular weight excluding hydrogens is 284 g/mol. The molecule has 0 amide bonds. The van der Waals surface area contributed by atoms with Crippen molar-refractivity contribution in [3.8, 4) is 0 Å². The average molecular weight is 297 g/mol. The summed E-state index contributed by atoms with van der Waals surface area (Å²) in [5.41, 5.74) is 7.89. The van der Waals surface area contributed by atoms with E-state index in [-0.39, 0.29) is 0 Å². The summed E-state index contributed by atoms with van der Waals surface area (Å²) >= 11 is 5.18. The number of rotatable bonds is 4. The maximum Gasteiger partial charge on any atom is 0.0972 e. The van der Waals surface area contributed by atoms with Gasteiger partial charge in [0.2, 0.25) is 0 Å². The van der Waals surface area contributed by atoms with Gasteiger partial charge in [-0.15, -0.1) is 11.3 Å². The highest BCUT2D eigenvalue weighted by Crippen LogP contribution is 2.18. The minimum atomic E-state index is 0.667. The number of benzene rings is 1. The Hall–Kier alpha value is -0.710. The van der Waals surface area contributed by atoms with E-state index in [2.05, 4.69) is 38.4 Å². The fourth-order valence-electron chi connectivity index (χ4n) is 1.51. The predicted octanol–water partition coefficient (Wildman–Crippen LogP) is 3.00. The van der Waals surface area contributed by atoms with E-state index in [4.69, 9.17) is 5.73 Å². The molecule has 2 N–H and O–H groups in total. The number of nitrogens with zero attached hydrogens (tertiary/aromatic N) is 1. The fourth-order valence-corrected chi connectivity index (χ4v) is 2.82. The summed E-state index contributed by atoms with van der Waals surface area (Å²) in [4.78, 5) is 4.55. The van der Waals surface area contributed by atoms with E-state index in [9.17, 15) is 0 Å². The molecule has 84 valence electrons. The molecule has 2 nitrogen and oxygen atoms in total. The summed E-state index contributed by atoms with van der Waals surface area (Å²) < 4.78 is 1.11. The molecule has 0 fully saturated rings. The fraction of sp³-hybridized carbons (Fsp3) is 0.250. The zero-order valence-corrected chi connectivity index (χ0v) is 11.2. The first-order valence-electron chi connectivity index (χ1n) is 5.15. The van der Waals surface area contributed by atoms with E-state index in [1.807, 2.05) is 12.1 Å². The molecule has 0 spiro atoms. The molecule has 2 aromatic rings. The van der Waals surface area contributed by atoms with Gasteiger partial charge in [0.05, 0.1) is 10.7 Å². The molecule has 0 aliphatic carbocycles. The highest BCUT2D eigenvalue weighted by atomic mass is 79.9. The molecule has 1 aromatic carbocycles. The minimum absolute atomic E-state index is 0.667. The quantitative estimate of drug-likeness (QED) is 0.942. The zero-order chi connectivity index (χ0) is 11.4. The molecule has 4 heteroatoms. The second kappa shape index (κ2) is 5.57. The maximum atomic E-state index is 5.50. The second-order valence-corrected chi connectivity index (χ2v) is 5.44. The SMILES string of the molecule is NCCc1csc(Cc2cccc(Br)c2)n1. The Morgan fingerprint density at radius 3 is 3.00 bits per heavy atom. The topological polar surface area (TPSA) is 38.9 Å². The standard InChI is InChI=1S/C12H13BrN2S/c13-10-3-1-2-9(6-10)7-12-15-11(4-5-14)8-16-12/h1-3,6,8H,4-5,7,14H2. The Morgan fingerprint density at radius 1 is 1.38 bits per heavy atom. The van der Waals surface area contributed by atoms with Crippen LogP contribution in [0.1, 0.15) is 16.3 Å². The Kier molecular flexibility index (Phi) is 4.09. The molecule has 0 radical (unpaired) electrons. The zero-order valence-electron chi connectivity index (χ0n) is 8.82. The number of halogens is 1. The van der Waals surface area contributed by atoms with Crippen LogP contribution < -0.4 is 5.73 Å². The molecule has 0 aliphatic heterocycles. The Balaban J connectivity index is 2.08. The normalized spacial score (nSPS) is 10.6. The number of aromatic nitrogens is 1. The first kappa shape index (κ1) is 11.8. The molecule has 0 aliphatic rings. The smallest absolute Gasteiger partial charge is 0.0972 e. The maximum absolute atomic E-state index is 5.50. The van der Waals surface area contributed by atoms with Gasteiger partial charge >= 0.3 is 0 Å². The molecule has 0 saturated heterocycles. The molecule has 0 saturated carbocycles. The van der Waals surface area contributed by atoms with Crippen molar-refractivity contribution in [3.05, 3.63) is 50.4 Å². The van der Waals surface area contributed by atoms with Crippen LogP contribution in [0.4, 0.5) is 0 Å². The molecule has 1 heterocycles. The third-order valence-electron chi connectivity index (χ3n) is 2.24. The molecule has 16 heavy (non-hydrogen) atoms. The Labute approximate surface area is 108 Å². The van der Waals surface area contributed by atoms with Crippen LogP contribution in [0.25, 0.3) is 0 Å². The van der Waals surface area contributed by atoms with Crippen molar-refractivity contribution in [1.29, 1.82) is 0 Å². The van der Waals surface area contributed by atoms with Crippen LogP contribution in [0.5, 0.6) is 0 Å². The van der Waals surface area contributed by atoms with Crippen molar-refractivity contribution in [2.24, 2.45) is 5.73 Å². The second-order valence-electron chi connectivity index (χ2n) is 3.58. The summed E-state index contributed by atoms with van der Waals surface area (Å²) in [6.07, 6.45) is 1.77. The largest absolute Gasteiger partial charge is 0.330 e. The lowest BCUT2D eigenvalue weighted by atomic mass is 10.2. The number of thiazole rings is 1. The van der Waals surface area contributed by atoms with Gasteiger partial charge in [0.15, 0.2) is 0 Å². The highest BCUT2D eigenvalue weighted by molar-refractivity contribution is 9.10. The van der Waals surface area contributed by atoms with E-state index in [1.165, 1.54) is 5.56 Å². The minimum Gasteiger partial charge on any atom is -0.330 e. The predicted molar refractivity (Wildman–Crippen MR) is 71.8 cm³/mol. The molecule has 1 aromatic heterocycles. The Bertz CT molecular complexity index is 468. The summed E-state index contributed by atoms with van der Waals surface area (Å²) in [6.45, 7) is 0.667. The van der Waals surface area contributed by atoms with Crippen LogP contribution in [0.3, 0.4) is 0 Å². The van der Waals surface area contributed by atoms with E-state index >= 15 is 0 Å². The molecule has 0 atom stereocenters. The first-order valence-corrected chi connectivity index (χ1v) is 6.83. The van der Waals surface area contributed by atoms with Crippen molar-refractivity contribution in [3.63, 3.8) is 0 Å². The first-order chi connectivity index (χ1) is 7.78. The van der Waals surface area contributed by atoms with Gasteiger partial charge in [0.1, 0.15) is 0 Å². The van der Waals surface area contributed by atoms with Crippen molar-refractivity contribution in [1.82, 2.24) is 4.98 Å². The lowest BCUT2D eigenvalue weighted by Gasteiger charge is -1.98. The van der Waals surface area contributed by atoms with Gasteiger partial charge in [0, 0.05) is 22.7 Å². The van der Waals surface area contributed by atoms with Gasteiger partial charge in [-0.05, 0) is 24.2 Å². The average Bonchev–Trinajstić information content (AvgIpc) is 2.66. The molecule has 0 bridgehead atoms. The van der Waals surface area contributed by atoms with Gasteiger partial charge in [-0.2, -0.15) is 0 Å². The highest BCUT2D eigenvalue weighted by Gasteiger charge is 2.03. The van der Waals surface area contributed by atoms with E-state index in [0.29, 0.717) is 6.54 Å². The van der Waals surface area contributed by atoms with Crippen LogP contribution >= 0.6 is 27.3 Å². The third-order valence-corrected chi connectivity index (χ3v) is 3.64. The van der Waals surface area contributed by atoms with Crippen molar-refractivity contribution < 1.29 is 0 Å². The van der Waals surface area contributed by atoms with E-state index in [0.717, 1.165) is 28.0 Å². The van der Waals surface area contributed by atoms with Crippen molar-refractivity contribution >= 4 is 27.3 Å². The lowest BCUT2D eigenvalue weighted by molar-refractivity contribution is 0.922. The Morgan fingerprint density at radius 2 is 2.25 bits per heavy atom. The number of hydrogen-bond donors (Lipinski definition) is 1. The van der Waals surface area contributed by atoms with Gasteiger partial charge in [-0.3, -0.25) is 0 Å². The van der Waals surface area contributed by atoms with Gasteiger partial charge in [-0.25, -0.2) is 4.98 Å². The summed E-state index contributed by atoms with van der Waals surface area (Å²) in [6, 6.07) is 8.33. The monoisotopic (exact) mass is 296 g/mol. The van der Waals surface area contributed by atoms with E-state index < -0.39 is 0 Å². The van der Waals surface area contributed by atoms with Gasteiger partial charge < -0.3 is 5.73 Å². The number of hydrogen-bond acceptors (Lipinski definition) is 3. The summed E-state index contributed by atoms with van der Waals surface area (Å²) in [7, 11) is 0.